The lowest BCUT2D eigenvalue weighted by Gasteiger charge is -2.15. The maximum atomic E-state index is 11.6. The number of hydrogen-bond acceptors (Lipinski definition) is 3. The first kappa shape index (κ1) is 14.3. The summed E-state index contributed by atoms with van der Waals surface area (Å²) in [6, 6.07) is 0. The molecule has 0 aliphatic heterocycles. The number of carbonyl (C=O) groups is 2. The summed E-state index contributed by atoms with van der Waals surface area (Å²) in [4.78, 5) is 22.2. The second kappa shape index (κ2) is 6.89. The summed E-state index contributed by atoms with van der Waals surface area (Å²) < 4.78 is 5.76. The Kier molecular flexibility index (Phi) is 5.19. The third-order valence-electron chi connectivity index (χ3n) is 4.00. The van der Waals surface area contributed by atoms with E-state index in [1.807, 2.05) is 0 Å². The van der Waals surface area contributed by atoms with Gasteiger partial charge in [0.2, 0.25) is 5.91 Å². The number of carboxylic acids is 1. The Balaban J connectivity index is 1.54. The van der Waals surface area contributed by atoms with Gasteiger partial charge in [-0.1, -0.05) is 25.7 Å². The van der Waals surface area contributed by atoms with Gasteiger partial charge in [-0.2, -0.15) is 0 Å². The summed E-state index contributed by atoms with van der Waals surface area (Å²) >= 11 is 0. The van der Waals surface area contributed by atoms with Crippen LogP contribution in [0.1, 0.15) is 44.9 Å². The van der Waals surface area contributed by atoms with Gasteiger partial charge in [-0.15, -0.1) is 0 Å². The van der Waals surface area contributed by atoms with E-state index in [1.54, 1.807) is 0 Å². The average Bonchev–Trinajstić information content (AvgIpc) is 3.18. The molecule has 2 saturated carbocycles. The molecular formula is C14H23NO4. The minimum Gasteiger partial charge on any atom is -0.481 e. The summed E-state index contributed by atoms with van der Waals surface area (Å²) in [7, 11) is 0. The molecule has 2 fully saturated rings. The Hall–Kier alpha value is -1.10. The van der Waals surface area contributed by atoms with E-state index in [4.69, 9.17) is 9.84 Å². The number of hydrogen-bond donors (Lipinski definition) is 2. The highest BCUT2D eigenvalue weighted by Gasteiger charge is 2.48. The maximum absolute atomic E-state index is 11.6. The third kappa shape index (κ3) is 4.49. The number of nitrogens with one attached hydrogen (secondary N) is 1. The summed E-state index contributed by atoms with van der Waals surface area (Å²) in [5.74, 6) is -1.80. The molecule has 0 saturated heterocycles. The van der Waals surface area contributed by atoms with Crippen LogP contribution in [0.4, 0.5) is 0 Å². The summed E-state index contributed by atoms with van der Waals surface area (Å²) in [6.07, 6.45) is 8.13. The Bertz CT molecular complexity index is 323. The predicted octanol–water partition coefficient (Wildman–Crippen LogP) is 1.56. The van der Waals surface area contributed by atoms with Gasteiger partial charge < -0.3 is 15.2 Å². The van der Waals surface area contributed by atoms with Crippen LogP contribution in [0.2, 0.25) is 0 Å². The second-order valence-electron chi connectivity index (χ2n) is 5.56. The third-order valence-corrected chi connectivity index (χ3v) is 4.00. The Morgan fingerprint density at radius 2 is 1.79 bits per heavy atom. The van der Waals surface area contributed by atoms with Crippen molar-refractivity contribution in [3.8, 4) is 0 Å². The highest BCUT2D eigenvalue weighted by Crippen LogP contribution is 2.38. The molecule has 5 heteroatoms. The van der Waals surface area contributed by atoms with Gasteiger partial charge in [-0.25, -0.2) is 0 Å². The molecule has 0 aromatic carbocycles. The van der Waals surface area contributed by atoms with E-state index < -0.39 is 11.9 Å². The lowest BCUT2D eigenvalue weighted by Crippen LogP contribution is -2.30. The fourth-order valence-corrected chi connectivity index (χ4v) is 2.70. The van der Waals surface area contributed by atoms with E-state index in [1.165, 1.54) is 25.7 Å². The van der Waals surface area contributed by atoms with Gasteiger partial charge in [-0.05, 0) is 19.3 Å². The lowest BCUT2D eigenvalue weighted by atomic mass is 10.1. The fraction of sp³-hybridized carbons (Fsp3) is 0.857. The van der Waals surface area contributed by atoms with Crippen LogP contribution in [0.3, 0.4) is 0 Å². The standard InChI is InChI=1S/C14H23NO4/c16-13(11-9-12(11)14(17)18)15-7-8-19-10-5-3-1-2-4-6-10/h10-12H,1-9H2,(H,15,16)(H,17,18)/t11-,12+/m1/s1. The van der Waals surface area contributed by atoms with Crippen molar-refractivity contribution < 1.29 is 19.4 Å². The normalized spacial score (nSPS) is 27.6. The molecule has 0 spiro atoms. The van der Waals surface area contributed by atoms with E-state index in [0.717, 1.165) is 12.8 Å². The minimum absolute atomic E-state index is 0.142. The molecule has 0 radical (unpaired) electrons. The van der Waals surface area contributed by atoms with Crippen LogP contribution in [-0.2, 0) is 14.3 Å². The summed E-state index contributed by atoms with van der Waals surface area (Å²) in [5.41, 5.74) is 0. The van der Waals surface area contributed by atoms with Crippen LogP contribution in [-0.4, -0.2) is 36.2 Å². The van der Waals surface area contributed by atoms with Crippen molar-refractivity contribution >= 4 is 11.9 Å². The number of ether oxygens (including phenoxy) is 1. The molecule has 2 rings (SSSR count). The van der Waals surface area contributed by atoms with Gasteiger partial charge >= 0.3 is 5.97 Å². The van der Waals surface area contributed by atoms with Crippen molar-refractivity contribution in [1.29, 1.82) is 0 Å². The SMILES string of the molecule is O=C(O)[C@H]1C[C@H]1C(=O)NCCOC1CCCCCC1. The zero-order valence-corrected chi connectivity index (χ0v) is 11.3. The van der Waals surface area contributed by atoms with Crippen LogP contribution in [0.15, 0.2) is 0 Å². The average molecular weight is 269 g/mol. The first-order valence-corrected chi connectivity index (χ1v) is 7.30. The van der Waals surface area contributed by atoms with Crippen LogP contribution in [0.25, 0.3) is 0 Å². The van der Waals surface area contributed by atoms with E-state index >= 15 is 0 Å². The molecule has 2 atom stereocenters. The first-order chi connectivity index (χ1) is 9.18. The number of carbonyl (C=O) groups excluding carboxylic acids is 1. The molecule has 0 aromatic heterocycles. The molecule has 1 amide bonds. The number of amides is 1. The summed E-state index contributed by atoms with van der Waals surface area (Å²) in [6.45, 7) is 1.01. The van der Waals surface area contributed by atoms with Crippen LogP contribution >= 0.6 is 0 Å². The second-order valence-corrected chi connectivity index (χ2v) is 5.56. The molecule has 0 bridgehead atoms. The molecule has 19 heavy (non-hydrogen) atoms. The van der Waals surface area contributed by atoms with E-state index in [2.05, 4.69) is 5.32 Å². The molecule has 2 aliphatic carbocycles. The van der Waals surface area contributed by atoms with Crippen molar-refractivity contribution in [2.45, 2.75) is 51.0 Å². The van der Waals surface area contributed by atoms with Crippen LogP contribution < -0.4 is 5.32 Å². The first-order valence-electron chi connectivity index (χ1n) is 7.30. The van der Waals surface area contributed by atoms with Crippen molar-refractivity contribution in [3.63, 3.8) is 0 Å². The molecule has 0 heterocycles. The Morgan fingerprint density at radius 1 is 1.11 bits per heavy atom. The van der Waals surface area contributed by atoms with Gasteiger partial charge in [0.25, 0.3) is 0 Å². The van der Waals surface area contributed by atoms with Gasteiger partial charge in [0.1, 0.15) is 0 Å². The van der Waals surface area contributed by atoms with Gasteiger partial charge in [0.15, 0.2) is 0 Å². The highest BCUT2D eigenvalue weighted by molar-refractivity contribution is 5.89. The molecule has 0 aromatic rings. The number of aliphatic carboxylic acids is 1. The molecule has 2 N–H and O–H groups in total. The lowest BCUT2D eigenvalue weighted by molar-refractivity contribution is -0.140. The summed E-state index contributed by atoms with van der Waals surface area (Å²) in [5, 5.41) is 11.5. The van der Waals surface area contributed by atoms with Gasteiger partial charge in [-0.3, -0.25) is 9.59 Å². The monoisotopic (exact) mass is 269 g/mol. The van der Waals surface area contributed by atoms with Gasteiger partial charge in [0.05, 0.1) is 24.5 Å². The van der Waals surface area contributed by atoms with Crippen LogP contribution in [0, 0.1) is 11.8 Å². The zero-order valence-electron chi connectivity index (χ0n) is 11.3. The quantitative estimate of drug-likeness (QED) is 0.567. The van der Waals surface area contributed by atoms with Crippen molar-refractivity contribution in [1.82, 2.24) is 5.32 Å². The Labute approximate surface area is 113 Å². The molecule has 2 aliphatic rings. The highest BCUT2D eigenvalue weighted by atomic mass is 16.5. The van der Waals surface area contributed by atoms with Crippen molar-refractivity contribution in [3.05, 3.63) is 0 Å². The number of carboxylic acid groups (broad SMARTS) is 1. The van der Waals surface area contributed by atoms with E-state index in [9.17, 15) is 9.59 Å². The molecular weight excluding hydrogens is 246 g/mol. The maximum Gasteiger partial charge on any atom is 0.307 e. The molecule has 0 unspecified atom stereocenters. The Morgan fingerprint density at radius 3 is 2.37 bits per heavy atom. The number of rotatable bonds is 6. The van der Waals surface area contributed by atoms with E-state index in [-0.39, 0.29) is 11.8 Å². The smallest absolute Gasteiger partial charge is 0.307 e. The minimum atomic E-state index is -0.866. The van der Waals surface area contributed by atoms with Crippen LogP contribution in [0.5, 0.6) is 0 Å². The van der Waals surface area contributed by atoms with E-state index in [0.29, 0.717) is 25.7 Å². The molecule has 5 nitrogen and oxygen atoms in total. The van der Waals surface area contributed by atoms with Crippen molar-refractivity contribution in [2.75, 3.05) is 13.2 Å². The largest absolute Gasteiger partial charge is 0.481 e. The topological polar surface area (TPSA) is 75.6 Å². The predicted molar refractivity (Wildman–Crippen MR) is 69.7 cm³/mol. The van der Waals surface area contributed by atoms with Gasteiger partial charge in [0, 0.05) is 6.54 Å². The van der Waals surface area contributed by atoms with Crippen molar-refractivity contribution in [2.24, 2.45) is 11.8 Å². The zero-order chi connectivity index (χ0) is 13.7. The fourth-order valence-electron chi connectivity index (χ4n) is 2.70. The molecule has 108 valence electrons.